The number of hydrogen-bond acceptors (Lipinski definition) is 5. The molecule has 0 unspecified atom stereocenters. The Balaban J connectivity index is 1.40. The SMILES string of the molecule is COc1cc(/C=C2/SC(=O)N(c3ccc(Cl)cc3)C2=O)c(Br)cc1OCc1cccc2ccccc12. The van der Waals surface area contributed by atoms with Crippen molar-refractivity contribution in [3.8, 4) is 11.5 Å². The second kappa shape index (κ2) is 10.4. The number of fused-ring (bicyclic) bond motifs is 1. The summed E-state index contributed by atoms with van der Waals surface area (Å²) in [4.78, 5) is 27.0. The molecule has 36 heavy (non-hydrogen) atoms. The highest BCUT2D eigenvalue weighted by molar-refractivity contribution is 9.10. The topological polar surface area (TPSA) is 55.8 Å². The standard InChI is InChI=1S/C28H19BrClNO4S/c1-34-24-13-19(14-26-27(32)31(28(33)36-26)21-11-9-20(30)10-12-21)23(29)15-25(24)35-16-18-7-4-6-17-5-2-3-8-22(17)18/h2-15H,16H2,1H3/b26-14+. The number of nitrogens with zero attached hydrogens (tertiary/aromatic N) is 1. The fourth-order valence-electron chi connectivity index (χ4n) is 3.93. The van der Waals surface area contributed by atoms with Crippen LogP contribution < -0.4 is 14.4 Å². The van der Waals surface area contributed by atoms with Crippen LogP contribution in [0.2, 0.25) is 5.02 Å². The van der Waals surface area contributed by atoms with Crippen molar-refractivity contribution in [3.05, 3.63) is 104 Å². The number of carbonyl (C=O) groups excluding carboxylic acids is 2. The third kappa shape index (κ3) is 4.87. The first-order valence-electron chi connectivity index (χ1n) is 10.9. The van der Waals surface area contributed by atoms with Gasteiger partial charge in [-0.1, -0.05) is 70.0 Å². The molecular formula is C28H19BrClNO4S. The fourth-order valence-corrected chi connectivity index (χ4v) is 5.32. The second-order valence-electron chi connectivity index (χ2n) is 7.95. The number of methoxy groups -OCH3 is 1. The van der Waals surface area contributed by atoms with Crippen molar-refractivity contribution in [1.82, 2.24) is 0 Å². The van der Waals surface area contributed by atoms with Crippen LogP contribution >= 0.6 is 39.3 Å². The summed E-state index contributed by atoms with van der Waals surface area (Å²) in [6.07, 6.45) is 1.67. The van der Waals surface area contributed by atoms with Gasteiger partial charge in [0.05, 0.1) is 17.7 Å². The summed E-state index contributed by atoms with van der Waals surface area (Å²) in [7, 11) is 1.56. The van der Waals surface area contributed by atoms with Crippen LogP contribution in [0, 0.1) is 0 Å². The zero-order chi connectivity index (χ0) is 25.2. The smallest absolute Gasteiger partial charge is 0.298 e. The number of benzene rings is 4. The molecule has 0 bridgehead atoms. The quantitative estimate of drug-likeness (QED) is 0.216. The third-order valence-electron chi connectivity index (χ3n) is 5.71. The average Bonchev–Trinajstić information content (AvgIpc) is 3.16. The Kier molecular flexibility index (Phi) is 7.05. The Morgan fingerprint density at radius 3 is 2.50 bits per heavy atom. The molecule has 0 aliphatic carbocycles. The van der Waals surface area contributed by atoms with Crippen molar-refractivity contribution >= 4 is 73.0 Å². The number of halogens is 2. The lowest BCUT2D eigenvalue weighted by molar-refractivity contribution is -0.113. The molecule has 5 rings (SSSR count). The molecule has 1 fully saturated rings. The Bertz CT molecular complexity index is 1520. The molecule has 0 radical (unpaired) electrons. The zero-order valence-corrected chi connectivity index (χ0v) is 22.2. The van der Waals surface area contributed by atoms with Crippen LogP contribution in [0.4, 0.5) is 10.5 Å². The highest BCUT2D eigenvalue weighted by atomic mass is 79.9. The van der Waals surface area contributed by atoms with Crippen LogP contribution in [0.5, 0.6) is 11.5 Å². The normalized spacial score (nSPS) is 14.6. The van der Waals surface area contributed by atoms with Gasteiger partial charge >= 0.3 is 0 Å². The van der Waals surface area contributed by atoms with E-state index in [-0.39, 0.29) is 5.24 Å². The van der Waals surface area contributed by atoms with Crippen molar-refractivity contribution in [2.24, 2.45) is 0 Å². The van der Waals surface area contributed by atoms with E-state index in [2.05, 4.69) is 34.1 Å². The van der Waals surface area contributed by atoms with E-state index in [0.717, 1.165) is 33.0 Å². The van der Waals surface area contributed by atoms with Crippen molar-refractivity contribution in [1.29, 1.82) is 0 Å². The summed E-state index contributed by atoms with van der Waals surface area (Å²) < 4.78 is 12.4. The van der Waals surface area contributed by atoms with E-state index in [1.807, 2.05) is 24.3 Å². The van der Waals surface area contributed by atoms with Crippen LogP contribution in [0.15, 0.2) is 88.2 Å². The van der Waals surface area contributed by atoms with Gasteiger partial charge < -0.3 is 9.47 Å². The molecule has 1 heterocycles. The number of amides is 2. The maximum Gasteiger partial charge on any atom is 0.298 e. The average molecular weight is 581 g/mol. The Hall–Kier alpha value is -3.26. The van der Waals surface area contributed by atoms with E-state index < -0.39 is 5.91 Å². The lowest BCUT2D eigenvalue weighted by Crippen LogP contribution is -2.27. The molecule has 4 aromatic rings. The Labute approximate surface area is 225 Å². The molecule has 2 amide bonds. The van der Waals surface area contributed by atoms with Crippen LogP contribution in [-0.4, -0.2) is 18.3 Å². The highest BCUT2D eigenvalue weighted by Gasteiger charge is 2.36. The maximum absolute atomic E-state index is 13.0. The number of rotatable bonds is 6. The Morgan fingerprint density at radius 2 is 1.72 bits per heavy atom. The molecule has 5 nitrogen and oxygen atoms in total. The van der Waals surface area contributed by atoms with Crippen LogP contribution in [0.1, 0.15) is 11.1 Å². The summed E-state index contributed by atoms with van der Waals surface area (Å²) in [5.41, 5.74) is 2.22. The monoisotopic (exact) mass is 579 g/mol. The van der Waals surface area contributed by atoms with E-state index in [1.165, 1.54) is 0 Å². The molecule has 0 N–H and O–H groups in total. The van der Waals surface area contributed by atoms with Crippen molar-refractivity contribution in [2.75, 3.05) is 12.0 Å². The molecular weight excluding hydrogens is 562 g/mol. The lowest BCUT2D eigenvalue weighted by Gasteiger charge is -2.14. The van der Waals surface area contributed by atoms with Gasteiger partial charge in [0, 0.05) is 9.50 Å². The molecule has 1 saturated heterocycles. The first-order valence-corrected chi connectivity index (χ1v) is 12.9. The van der Waals surface area contributed by atoms with E-state index in [0.29, 0.717) is 43.8 Å². The van der Waals surface area contributed by atoms with E-state index in [4.69, 9.17) is 21.1 Å². The molecule has 0 saturated carbocycles. The second-order valence-corrected chi connectivity index (χ2v) is 10.2. The van der Waals surface area contributed by atoms with Crippen LogP contribution in [0.25, 0.3) is 16.8 Å². The van der Waals surface area contributed by atoms with Gasteiger partial charge in [-0.3, -0.25) is 9.59 Å². The largest absolute Gasteiger partial charge is 0.493 e. The third-order valence-corrected chi connectivity index (χ3v) is 7.52. The summed E-state index contributed by atoms with van der Waals surface area (Å²) in [5.74, 6) is 0.680. The van der Waals surface area contributed by atoms with Gasteiger partial charge in [0.1, 0.15) is 6.61 Å². The summed E-state index contributed by atoms with van der Waals surface area (Å²) in [6, 6.07) is 24.4. The molecule has 180 valence electrons. The predicted molar refractivity (Wildman–Crippen MR) is 149 cm³/mol. The van der Waals surface area contributed by atoms with Crippen molar-refractivity contribution in [3.63, 3.8) is 0 Å². The van der Waals surface area contributed by atoms with E-state index >= 15 is 0 Å². The minimum atomic E-state index is -0.394. The fraction of sp³-hybridized carbons (Fsp3) is 0.0714. The minimum Gasteiger partial charge on any atom is -0.493 e. The molecule has 4 aromatic carbocycles. The lowest BCUT2D eigenvalue weighted by atomic mass is 10.1. The van der Waals surface area contributed by atoms with Gasteiger partial charge in [0.25, 0.3) is 11.1 Å². The number of hydrogen-bond donors (Lipinski definition) is 0. The van der Waals surface area contributed by atoms with Crippen molar-refractivity contribution < 1.29 is 19.1 Å². The van der Waals surface area contributed by atoms with Gasteiger partial charge in [-0.15, -0.1) is 0 Å². The number of ether oxygens (including phenoxy) is 2. The number of carbonyl (C=O) groups is 2. The van der Waals surface area contributed by atoms with Crippen LogP contribution in [-0.2, 0) is 11.4 Å². The molecule has 0 spiro atoms. The van der Waals surface area contributed by atoms with E-state index in [1.54, 1.807) is 49.6 Å². The molecule has 1 aliphatic rings. The molecule has 0 atom stereocenters. The first kappa shape index (κ1) is 24.4. The van der Waals surface area contributed by atoms with Gasteiger partial charge in [-0.2, -0.15) is 0 Å². The van der Waals surface area contributed by atoms with Gasteiger partial charge in [-0.25, -0.2) is 4.90 Å². The summed E-state index contributed by atoms with van der Waals surface area (Å²) in [6.45, 7) is 0.365. The zero-order valence-electron chi connectivity index (χ0n) is 19.0. The molecule has 0 aromatic heterocycles. The van der Waals surface area contributed by atoms with Gasteiger partial charge in [0.2, 0.25) is 0 Å². The highest BCUT2D eigenvalue weighted by Crippen LogP contribution is 2.40. The van der Waals surface area contributed by atoms with Crippen molar-refractivity contribution in [2.45, 2.75) is 6.61 Å². The Morgan fingerprint density at radius 1 is 0.972 bits per heavy atom. The molecule has 1 aliphatic heterocycles. The summed E-state index contributed by atoms with van der Waals surface area (Å²) in [5, 5.41) is 2.44. The number of imide groups is 1. The minimum absolute atomic E-state index is 0.308. The van der Waals surface area contributed by atoms with E-state index in [9.17, 15) is 9.59 Å². The van der Waals surface area contributed by atoms with Crippen LogP contribution in [0.3, 0.4) is 0 Å². The maximum atomic E-state index is 13.0. The number of anilines is 1. The predicted octanol–water partition coefficient (Wildman–Crippen LogP) is 8.08. The van der Waals surface area contributed by atoms with Gasteiger partial charge in [0.15, 0.2) is 11.5 Å². The molecule has 8 heteroatoms. The number of thioether (sulfide) groups is 1. The summed E-state index contributed by atoms with van der Waals surface area (Å²) >= 11 is 10.4. The first-order chi connectivity index (χ1) is 17.4. The van der Waals surface area contributed by atoms with Gasteiger partial charge in [-0.05, 0) is 76.1 Å².